The van der Waals surface area contributed by atoms with E-state index in [9.17, 15) is 4.79 Å². The van der Waals surface area contributed by atoms with E-state index in [1.54, 1.807) is 0 Å². The van der Waals surface area contributed by atoms with Crippen LogP contribution in [0.5, 0.6) is 0 Å². The van der Waals surface area contributed by atoms with Gasteiger partial charge in [0.15, 0.2) is 0 Å². The summed E-state index contributed by atoms with van der Waals surface area (Å²) in [5.74, 6) is 0.255. The van der Waals surface area contributed by atoms with Crippen LogP contribution in [0.25, 0.3) is 0 Å². The van der Waals surface area contributed by atoms with Crippen molar-refractivity contribution < 1.29 is 4.79 Å². The molecule has 0 bridgehead atoms. The summed E-state index contributed by atoms with van der Waals surface area (Å²) < 4.78 is 0. The predicted molar refractivity (Wildman–Crippen MR) is 60.2 cm³/mol. The van der Waals surface area contributed by atoms with Crippen molar-refractivity contribution in [2.24, 2.45) is 0 Å². The van der Waals surface area contributed by atoms with Crippen LogP contribution in [0.2, 0.25) is 0 Å². The van der Waals surface area contributed by atoms with Crippen molar-refractivity contribution in [1.29, 1.82) is 0 Å². The average molecular weight is 204 g/mol. The lowest BCUT2D eigenvalue weighted by Crippen LogP contribution is -2.27. The molecule has 0 saturated carbocycles. The summed E-state index contributed by atoms with van der Waals surface area (Å²) in [5, 5.41) is 0. The highest BCUT2D eigenvalue weighted by Gasteiger charge is 2.25. The van der Waals surface area contributed by atoms with Crippen LogP contribution >= 0.6 is 0 Å². The molecule has 3 heteroatoms. The molecule has 2 N–H and O–H groups in total. The lowest BCUT2D eigenvalue weighted by atomic mass is 10.1. The van der Waals surface area contributed by atoms with Crippen LogP contribution in [0, 0.1) is 0 Å². The molecule has 3 nitrogen and oxygen atoms in total. The molecule has 1 atom stereocenters. The van der Waals surface area contributed by atoms with Gasteiger partial charge in [0.05, 0.1) is 6.04 Å². The minimum atomic E-state index is 0.142. The number of likely N-dealkylation sites (tertiary alicyclic amines) is 1. The Morgan fingerprint density at radius 1 is 1.47 bits per heavy atom. The first-order valence-electron chi connectivity index (χ1n) is 5.33. The fourth-order valence-electron chi connectivity index (χ4n) is 2.08. The highest BCUT2D eigenvalue weighted by molar-refractivity contribution is 5.78. The largest absolute Gasteiger partial charge is 0.399 e. The maximum absolute atomic E-state index is 11.6. The van der Waals surface area contributed by atoms with Crippen molar-refractivity contribution in [2.45, 2.75) is 25.8 Å². The van der Waals surface area contributed by atoms with Gasteiger partial charge in [0.25, 0.3) is 0 Å². The number of amides is 1. The smallest absolute Gasteiger partial charge is 0.223 e. The van der Waals surface area contributed by atoms with Crippen molar-refractivity contribution in [1.82, 2.24) is 4.90 Å². The minimum absolute atomic E-state index is 0.142. The minimum Gasteiger partial charge on any atom is -0.399 e. The van der Waals surface area contributed by atoms with E-state index in [2.05, 4.69) is 6.92 Å². The highest BCUT2D eigenvalue weighted by atomic mass is 16.2. The van der Waals surface area contributed by atoms with Crippen LogP contribution in [0.3, 0.4) is 0 Å². The number of nitrogen functional groups attached to an aromatic ring is 1. The molecule has 1 fully saturated rings. The maximum atomic E-state index is 11.6. The van der Waals surface area contributed by atoms with Gasteiger partial charge in [-0.25, -0.2) is 0 Å². The average Bonchev–Trinajstić information content (AvgIpc) is 2.63. The molecule has 1 aliphatic heterocycles. The van der Waals surface area contributed by atoms with Gasteiger partial charge >= 0.3 is 0 Å². The lowest BCUT2D eigenvalue weighted by Gasteiger charge is -2.24. The van der Waals surface area contributed by atoms with Crippen molar-refractivity contribution in [3.63, 3.8) is 0 Å². The van der Waals surface area contributed by atoms with Gasteiger partial charge in [0, 0.05) is 18.7 Å². The monoisotopic (exact) mass is 204 g/mol. The fourth-order valence-corrected chi connectivity index (χ4v) is 2.08. The second-order valence-corrected chi connectivity index (χ2v) is 4.04. The first-order valence-corrected chi connectivity index (χ1v) is 5.33. The zero-order chi connectivity index (χ0) is 10.8. The molecule has 0 radical (unpaired) electrons. The number of hydrogen-bond donors (Lipinski definition) is 1. The fraction of sp³-hybridized carbons (Fsp3) is 0.417. The molecule has 0 aliphatic carbocycles. The molecule has 1 aromatic rings. The van der Waals surface area contributed by atoms with E-state index in [0.29, 0.717) is 6.42 Å². The van der Waals surface area contributed by atoms with E-state index in [-0.39, 0.29) is 11.9 Å². The number of benzene rings is 1. The summed E-state index contributed by atoms with van der Waals surface area (Å²) >= 11 is 0. The quantitative estimate of drug-likeness (QED) is 0.748. The van der Waals surface area contributed by atoms with E-state index in [1.807, 2.05) is 29.2 Å². The topological polar surface area (TPSA) is 46.3 Å². The van der Waals surface area contributed by atoms with Gasteiger partial charge in [-0.15, -0.1) is 0 Å². The first kappa shape index (κ1) is 10.0. The summed E-state index contributed by atoms with van der Waals surface area (Å²) in [4.78, 5) is 13.5. The molecule has 0 spiro atoms. The Balaban J connectivity index is 2.20. The van der Waals surface area contributed by atoms with Gasteiger partial charge in [-0.05, 0) is 31.0 Å². The molecule has 2 rings (SSSR count). The molecule has 0 aromatic heterocycles. The first-order chi connectivity index (χ1) is 7.18. The van der Waals surface area contributed by atoms with Gasteiger partial charge in [-0.1, -0.05) is 12.1 Å². The molecule has 1 unspecified atom stereocenters. The summed E-state index contributed by atoms with van der Waals surface area (Å²) in [5.41, 5.74) is 7.60. The molecule has 1 amide bonds. The second kappa shape index (κ2) is 3.93. The van der Waals surface area contributed by atoms with E-state index < -0.39 is 0 Å². The molecule has 1 heterocycles. The zero-order valence-electron chi connectivity index (χ0n) is 8.94. The Morgan fingerprint density at radius 3 is 2.87 bits per heavy atom. The van der Waals surface area contributed by atoms with Gasteiger partial charge in [0.1, 0.15) is 0 Å². The number of carbonyl (C=O) groups excluding carboxylic acids is 1. The normalized spacial score (nSPS) is 18.2. The van der Waals surface area contributed by atoms with Crippen LogP contribution in [-0.4, -0.2) is 17.4 Å². The van der Waals surface area contributed by atoms with Gasteiger partial charge in [-0.3, -0.25) is 4.79 Å². The zero-order valence-corrected chi connectivity index (χ0v) is 8.94. The van der Waals surface area contributed by atoms with Gasteiger partial charge in [0.2, 0.25) is 5.91 Å². The van der Waals surface area contributed by atoms with Gasteiger partial charge in [-0.2, -0.15) is 0 Å². The van der Waals surface area contributed by atoms with E-state index >= 15 is 0 Å². The Morgan fingerprint density at radius 2 is 2.27 bits per heavy atom. The Bertz CT molecular complexity index is 376. The van der Waals surface area contributed by atoms with Crippen LogP contribution in [0.1, 0.15) is 31.4 Å². The molecule has 80 valence electrons. The Hall–Kier alpha value is -1.51. The van der Waals surface area contributed by atoms with E-state index in [4.69, 9.17) is 5.73 Å². The summed E-state index contributed by atoms with van der Waals surface area (Å²) in [6, 6.07) is 7.90. The van der Waals surface area contributed by atoms with Gasteiger partial charge < -0.3 is 10.6 Å². The molecule has 1 aromatic carbocycles. The number of rotatable bonds is 2. The van der Waals surface area contributed by atoms with E-state index in [0.717, 1.165) is 24.2 Å². The number of hydrogen-bond acceptors (Lipinski definition) is 2. The van der Waals surface area contributed by atoms with Crippen molar-refractivity contribution in [2.75, 3.05) is 12.3 Å². The van der Waals surface area contributed by atoms with Crippen molar-refractivity contribution >= 4 is 11.6 Å². The highest BCUT2D eigenvalue weighted by Crippen LogP contribution is 2.26. The molecular formula is C12H16N2O. The number of nitrogens with zero attached hydrogens (tertiary/aromatic N) is 1. The van der Waals surface area contributed by atoms with Crippen molar-refractivity contribution in [3.05, 3.63) is 29.8 Å². The van der Waals surface area contributed by atoms with Crippen molar-refractivity contribution in [3.8, 4) is 0 Å². The molecule has 1 aliphatic rings. The Labute approximate surface area is 89.9 Å². The Kier molecular flexibility index (Phi) is 2.62. The molecule has 1 saturated heterocycles. The third kappa shape index (κ3) is 1.96. The summed E-state index contributed by atoms with van der Waals surface area (Å²) in [7, 11) is 0. The molecule has 15 heavy (non-hydrogen) atoms. The SMILES string of the molecule is CC(c1cccc(N)c1)N1CCCC1=O. The van der Waals surface area contributed by atoms with Crippen LogP contribution < -0.4 is 5.73 Å². The summed E-state index contributed by atoms with van der Waals surface area (Å²) in [6.07, 6.45) is 1.66. The maximum Gasteiger partial charge on any atom is 0.223 e. The van der Waals surface area contributed by atoms with Crippen LogP contribution in [0.15, 0.2) is 24.3 Å². The third-order valence-corrected chi connectivity index (χ3v) is 2.97. The number of anilines is 1. The lowest BCUT2D eigenvalue weighted by molar-refractivity contribution is -0.129. The van der Waals surface area contributed by atoms with Crippen LogP contribution in [0.4, 0.5) is 5.69 Å². The predicted octanol–water partition coefficient (Wildman–Crippen LogP) is 1.95. The van der Waals surface area contributed by atoms with Crippen LogP contribution in [-0.2, 0) is 4.79 Å². The number of nitrogens with two attached hydrogens (primary N) is 1. The summed E-state index contributed by atoms with van der Waals surface area (Å²) in [6.45, 7) is 2.92. The second-order valence-electron chi connectivity index (χ2n) is 4.04. The van der Waals surface area contributed by atoms with E-state index in [1.165, 1.54) is 0 Å². The number of carbonyl (C=O) groups is 1. The third-order valence-electron chi connectivity index (χ3n) is 2.97. The standard InChI is InChI=1S/C12H16N2O/c1-9(14-7-3-6-12(14)15)10-4-2-5-11(13)8-10/h2,4-5,8-9H,3,6-7,13H2,1H3. The molecular weight excluding hydrogens is 188 g/mol.